The second-order valence-corrected chi connectivity index (χ2v) is 3.70. The van der Waals surface area contributed by atoms with Gasteiger partial charge in [-0.1, -0.05) is 0 Å². The van der Waals surface area contributed by atoms with Gasteiger partial charge in [-0.05, 0) is 34.1 Å². The summed E-state index contributed by atoms with van der Waals surface area (Å²) in [5.74, 6) is 0.0345. The Hall–Kier alpha value is -1.49. The van der Waals surface area contributed by atoms with Gasteiger partial charge in [0.2, 0.25) is 0 Å². The van der Waals surface area contributed by atoms with E-state index in [0.29, 0.717) is 11.2 Å². The van der Waals surface area contributed by atoms with E-state index in [0.717, 1.165) is 5.56 Å². The molecule has 0 aliphatic heterocycles. The summed E-state index contributed by atoms with van der Waals surface area (Å²) >= 11 is 3.13. The van der Waals surface area contributed by atoms with Gasteiger partial charge in [0.15, 0.2) is 10.4 Å². The van der Waals surface area contributed by atoms with Crippen LogP contribution in [0, 0.1) is 0 Å². The van der Waals surface area contributed by atoms with Crippen molar-refractivity contribution in [2.45, 2.75) is 6.54 Å². The van der Waals surface area contributed by atoms with Crippen molar-refractivity contribution in [2.24, 2.45) is 0 Å². The monoisotopic (exact) mass is 269 g/mol. The maximum atomic E-state index is 11.5. The standard InChI is InChI=1S/C10H8BrNO3/c11-9-2-1-8(15-9)10(13)12-5-7-3-4-14-6-7/h1-4,6H,5H2,(H,12,13). The third-order valence-electron chi connectivity index (χ3n) is 1.83. The average molecular weight is 270 g/mol. The fraction of sp³-hybridized carbons (Fsp3) is 0.100. The molecule has 0 unspecified atom stereocenters. The van der Waals surface area contributed by atoms with Crippen LogP contribution in [0.15, 0.2) is 44.2 Å². The van der Waals surface area contributed by atoms with Gasteiger partial charge in [0, 0.05) is 12.1 Å². The van der Waals surface area contributed by atoms with E-state index in [1.165, 1.54) is 0 Å². The van der Waals surface area contributed by atoms with Crippen LogP contribution in [0.2, 0.25) is 0 Å². The Morgan fingerprint density at radius 3 is 2.87 bits per heavy atom. The molecule has 2 rings (SSSR count). The largest absolute Gasteiger partial charge is 0.472 e. The predicted octanol–water partition coefficient (Wildman–Crippen LogP) is 2.57. The molecule has 0 aliphatic rings. The molecule has 0 saturated heterocycles. The third kappa shape index (κ3) is 2.50. The first-order valence-electron chi connectivity index (χ1n) is 4.30. The first kappa shape index (κ1) is 10.0. The Morgan fingerprint density at radius 2 is 2.27 bits per heavy atom. The van der Waals surface area contributed by atoms with Gasteiger partial charge in [-0.2, -0.15) is 0 Å². The molecule has 2 aromatic heterocycles. The van der Waals surface area contributed by atoms with Gasteiger partial charge in [0.25, 0.3) is 5.91 Å². The Balaban J connectivity index is 1.93. The zero-order chi connectivity index (χ0) is 10.7. The summed E-state index contributed by atoms with van der Waals surface area (Å²) in [4.78, 5) is 11.5. The zero-order valence-electron chi connectivity index (χ0n) is 7.70. The quantitative estimate of drug-likeness (QED) is 0.932. The number of carbonyl (C=O) groups excluding carboxylic acids is 1. The fourth-order valence-corrected chi connectivity index (χ4v) is 1.41. The number of furan rings is 2. The van der Waals surface area contributed by atoms with Crippen molar-refractivity contribution in [3.8, 4) is 0 Å². The van der Waals surface area contributed by atoms with Crippen molar-refractivity contribution >= 4 is 21.8 Å². The van der Waals surface area contributed by atoms with Gasteiger partial charge in [0.1, 0.15) is 0 Å². The lowest BCUT2D eigenvalue weighted by Gasteiger charge is -1.99. The van der Waals surface area contributed by atoms with Gasteiger partial charge in [-0.25, -0.2) is 0 Å². The topological polar surface area (TPSA) is 55.4 Å². The van der Waals surface area contributed by atoms with Crippen molar-refractivity contribution in [1.82, 2.24) is 5.32 Å². The SMILES string of the molecule is O=C(NCc1ccoc1)c1ccc(Br)o1. The highest BCUT2D eigenvalue weighted by Gasteiger charge is 2.09. The summed E-state index contributed by atoms with van der Waals surface area (Å²) in [5, 5.41) is 2.70. The third-order valence-corrected chi connectivity index (χ3v) is 2.26. The minimum atomic E-state index is -0.248. The first-order valence-corrected chi connectivity index (χ1v) is 5.09. The minimum Gasteiger partial charge on any atom is -0.472 e. The van der Waals surface area contributed by atoms with Crippen molar-refractivity contribution in [1.29, 1.82) is 0 Å². The second-order valence-electron chi connectivity index (χ2n) is 2.92. The van der Waals surface area contributed by atoms with Crippen LogP contribution in [-0.4, -0.2) is 5.91 Å². The molecule has 2 heterocycles. The smallest absolute Gasteiger partial charge is 0.287 e. The molecule has 1 amide bonds. The number of halogens is 1. The minimum absolute atomic E-state index is 0.248. The highest BCUT2D eigenvalue weighted by molar-refractivity contribution is 9.10. The van der Waals surface area contributed by atoms with Gasteiger partial charge >= 0.3 is 0 Å². The van der Waals surface area contributed by atoms with E-state index >= 15 is 0 Å². The summed E-state index contributed by atoms with van der Waals surface area (Å²) in [6.45, 7) is 0.424. The number of amides is 1. The van der Waals surface area contributed by atoms with Crippen molar-refractivity contribution in [3.63, 3.8) is 0 Å². The molecule has 0 aliphatic carbocycles. The maximum absolute atomic E-state index is 11.5. The molecule has 0 aromatic carbocycles. The molecule has 0 radical (unpaired) electrons. The van der Waals surface area contributed by atoms with E-state index < -0.39 is 0 Å². The number of nitrogens with one attached hydrogen (secondary N) is 1. The number of hydrogen-bond donors (Lipinski definition) is 1. The lowest BCUT2D eigenvalue weighted by molar-refractivity contribution is 0.0922. The highest BCUT2D eigenvalue weighted by Crippen LogP contribution is 2.13. The lowest BCUT2D eigenvalue weighted by Crippen LogP contribution is -2.21. The fourth-order valence-electron chi connectivity index (χ4n) is 1.10. The summed E-state index contributed by atoms with van der Waals surface area (Å²) in [6, 6.07) is 5.07. The molecule has 1 N–H and O–H groups in total. The highest BCUT2D eigenvalue weighted by atomic mass is 79.9. The maximum Gasteiger partial charge on any atom is 0.287 e. The molecular weight excluding hydrogens is 262 g/mol. The zero-order valence-corrected chi connectivity index (χ0v) is 9.28. The summed E-state index contributed by atoms with van der Waals surface area (Å²) in [5.41, 5.74) is 0.911. The Bertz CT molecular complexity index is 447. The van der Waals surface area contributed by atoms with Crippen molar-refractivity contribution in [2.75, 3.05) is 0 Å². The molecule has 78 valence electrons. The van der Waals surface area contributed by atoms with Crippen molar-refractivity contribution < 1.29 is 13.6 Å². The summed E-state index contributed by atoms with van der Waals surface area (Å²) < 4.78 is 10.5. The molecule has 0 spiro atoms. The van der Waals surface area contributed by atoms with Crippen LogP contribution in [0.1, 0.15) is 16.1 Å². The van der Waals surface area contributed by atoms with E-state index in [-0.39, 0.29) is 11.7 Å². The van der Waals surface area contributed by atoms with Gasteiger partial charge in [-0.15, -0.1) is 0 Å². The Morgan fingerprint density at radius 1 is 1.40 bits per heavy atom. The normalized spacial score (nSPS) is 10.2. The van der Waals surface area contributed by atoms with Gasteiger partial charge in [0.05, 0.1) is 12.5 Å². The predicted molar refractivity (Wildman–Crippen MR) is 56.3 cm³/mol. The summed E-state index contributed by atoms with van der Waals surface area (Å²) in [7, 11) is 0. The Kier molecular flexibility index (Phi) is 2.91. The molecule has 5 heteroatoms. The molecule has 0 atom stereocenters. The van der Waals surface area contributed by atoms with Crippen LogP contribution in [0.4, 0.5) is 0 Å². The first-order chi connectivity index (χ1) is 7.25. The van der Waals surface area contributed by atoms with Crippen molar-refractivity contribution in [3.05, 3.63) is 46.7 Å². The molecular formula is C10H8BrNO3. The molecule has 15 heavy (non-hydrogen) atoms. The molecule has 2 aromatic rings. The molecule has 0 saturated carbocycles. The van der Waals surface area contributed by atoms with Gasteiger partial charge in [-0.3, -0.25) is 4.79 Å². The van der Waals surface area contributed by atoms with E-state index in [1.54, 1.807) is 30.7 Å². The van der Waals surface area contributed by atoms with E-state index in [9.17, 15) is 4.79 Å². The van der Waals surface area contributed by atoms with Crippen LogP contribution in [-0.2, 0) is 6.54 Å². The number of rotatable bonds is 3. The molecule has 0 bridgehead atoms. The average Bonchev–Trinajstić information content (AvgIpc) is 2.84. The lowest BCUT2D eigenvalue weighted by atomic mass is 10.3. The van der Waals surface area contributed by atoms with Gasteiger partial charge < -0.3 is 14.2 Å². The van der Waals surface area contributed by atoms with E-state index in [1.807, 2.05) is 0 Å². The van der Waals surface area contributed by atoms with Crippen LogP contribution < -0.4 is 5.32 Å². The number of hydrogen-bond acceptors (Lipinski definition) is 3. The van der Waals surface area contributed by atoms with Crippen LogP contribution >= 0.6 is 15.9 Å². The van der Waals surface area contributed by atoms with Crippen LogP contribution in [0.3, 0.4) is 0 Å². The second kappa shape index (κ2) is 4.35. The molecule has 0 fully saturated rings. The van der Waals surface area contributed by atoms with Crippen LogP contribution in [0.25, 0.3) is 0 Å². The van der Waals surface area contributed by atoms with E-state index in [2.05, 4.69) is 21.2 Å². The van der Waals surface area contributed by atoms with E-state index in [4.69, 9.17) is 8.83 Å². The Labute approximate surface area is 94.4 Å². The molecule has 4 nitrogen and oxygen atoms in total. The number of carbonyl (C=O) groups is 1. The van der Waals surface area contributed by atoms with Crippen LogP contribution in [0.5, 0.6) is 0 Å². The summed E-state index contributed by atoms with van der Waals surface area (Å²) in [6.07, 6.45) is 3.14.